The SMILES string of the molecule is CNC(Cn1ccnc1)c1ccc(OC)c(OC)c1. The minimum absolute atomic E-state index is 0.189. The van der Waals surface area contributed by atoms with Crippen molar-refractivity contribution >= 4 is 0 Å². The van der Waals surface area contributed by atoms with Crippen molar-refractivity contribution in [2.75, 3.05) is 21.3 Å². The molecule has 0 radical (unpaired) electrons. The Morgan fingerprint density at radius 3 is 2.63 bits per heavy atom. The van der Waals surface area contributed by atoms with E-state index in [0.717, 1.165) is 23.6 Å². The van der Waals surface area contributed by atoms with Crippen molar-refractivity contribution in [2.24, 2.45) is 0 Å². The van der Waals surface area contributed by atoms with Crippen LogP contribution in [0.15, 0.2) is 36.9 Å². The third-order valence-electron chi connectivity index (χ3n) is 3.11. The summed E-state index contributed by atoms with van der Waals surface area (Å²) in [6.07, 6.45) is 5.54. The third-order valence-corrected chi connectivity index (χ3v) is 3.11. The maximum atomic E-state index is 5.33. The van der Waals surface area contributed by atoms with Crippen LogP contribution in [0, 0.1) is 0 Å². The van der Waals surface area contributed by atoms with Crippen molar-refractivity contribution in [1.29, 1.82) is 0 Å². The summed E-state index contributed by atoms with van der Waals surface area (Å²) in [7, 11) is 5.22. The molecule has 1 N–H and O–H groups in total. The van der Waals surface area contributed by atoms with Crippen LogP contribution in [0.4, 0.5) is 0 Å². The summed E-state index contributed by atoms with van der Waals surface area (Å²) >= 11 is 0. The summed E-state index contributed by atoms with van der Waals surface area (Å²) in [5.74, 6) is 1.48. The van der Waals surface area contributed by atoms with Gasteiger partial charge < -0.3 is 19.4 Å². The fourth-order valence-corrected chi connectivity index (χ4v) is 2.04. The van der Waals surface area contributed by atoms with Gasteiger partial charge in [-0.15, -0.1) is 0 Å². The number of ether oxygens (including phenoxy) is 2. The second kappa shape index (κ2) is 6.24. The van der Waals surface area contributed by atoms with E-state index in [2.05, 4.69) is 10.3 Å². The highest BCUT2D eigenvalue weighted by Gasteiger charge is 2.13. The first-order chi connectivity index (χ1) is 9.28. The molecule has 1 unspecified atom stereocenters. The molecular formula is C14H19N3O2. The maximum Gasteiger partial charge on any atom is 0.161 e. The van der Waals surface area contributed by atoms with E-state index in [1.54, 1.807) is 20.4 Å². The number of methoxy groups -OCH3 is 2. The Morgan fingerprint density at radius 2 is 2.05 bits per heavy atom. The number of rotatable bonds is 6. The van der Waals surface area contributed by atoms with Crippen LogP contribution < -0.4 is 14.8 Å². The van der Waals surface area contributed by atoms with Gasteiger partial charge in [-0.3, -0.25) is 0 Å². The number of nitrogens with one attached hydrogen (secondary N) is 1. The van der Waals surface area contributed by atoms with Gasteiger partial charge in [-0.25, -0.2) is 4.98 Å². The summed E-state index contributed by atoms with van der Waals surface area (Å²) in [6, 6.07) is 6.15. The molecule has 5 heteroatoms. The van der Waals surface area contributed by atoms with Crippen molar-refractivity contribution in [3.8, 4) is 11.5 Å². The summed E-state index contributed by atoms with van der Waals surface area (Å²) in [6.45, 7) is 0.811. The fraction of sp³-hybridized carbons (Fsp3) is 0.357. The monoisotopic (exact) mass is 261 g/mol. The predicted octanol–water partition coefficient (Wildman–Crippen LogP) is 1.86. The largest absolute Gasteiger partial charge is 0.493 e. The molecule has 0 amide bonds. The van der Waals surface area contributed by atoms with Crippen molar-refractivity contribution in [2.45, 2.75) is 12.6 Å². The summed E-state index contributed by atoms with van der Waals surface area (Å²) in [5.41, 5.74) is 1.15. The molecule has 5 nitrogen and oxygen atoms in total. The van der Waals surface area contributed by atoms with Gasteiger partial charge in [0.1, 0.15) is 0 Å². The van der Waals surface area contributed by atoms with Crippen molar-refractivity contribution in [1.82, 2.24) is 14.9 Å². The first-order valence-electron chi connectivity index (χ1n) is 6.13. The summed E-state index contributed by atoms with van der Waals surface area (Å²) < 4.78 is 12.6. The molecule has 102 valence electrons. The van der Waals surface area contributed by atoms with E-state index in [-0.39, 0.29) is 6.04 Å². The van der Waals surface area contributed by atoms with E-state index in [1.165, 1.54) is 0 Å². The van der Waals surface area contributed by atoms with Gasteiger partial charge in [0.2, 0.25) is 0 Å². The molecule has 2 rings (SSSR count). The average Bonchev–Trinajstić information content (AvgIpc) is 2.97. The second-order valence-corrected chi connectivity index (χ2v) is 4.22. The van der Waals surface area contributed by atoms with Crippen molar-refractivity contribution in [3.63, 3.8) is 0 Å². The second-order valence-electron chi connectivity index (χ2n) is 4.22. The first-order valence-corrected chi connectivity index (χ1v) is 6.13. The van der Waals surface area contributed by atoms with E-state index in [4.69, 9.17) is 9.47 Å². The van der Waals surface area contributed by atoms with Crippen LogP contribution >= 0.6 is 0 Å². The highest BCUT2D eigenvalue weighted by Crippen LogP contribution is 2.30. The predicted molar refractivity (Wildman–Crippen MR) is 73.6 cm³/mol. The van der Waals surface area contributed by atoms with Gasteiger partial charge in [-0.2, -0.15) is 0 Å². The molecule has 0 spiro atoms. The summed E-state index contributed by atoms with van der Waals surface area (Å²) in [5, 5.41) is 3.30. The van der Waals surface area contributed by atoms with Crippen LogP contribution in [-0.4, -0.2) is 30.8 Å². The van der Waals surface area contributed by atoms with E-state index in [0.29, 0.717) is 0 Å². The maximum absolute atomic E-state index is 5.33. The van der Waals surface area contributed by atoms with E-state index in [1.807, 2.05) is 42.3 Å². The zero-order valence-corrected chi connectivity index (χ0v) is 11.5. The lowest BCUT2D eigenvalue weighted by Gasteiger charge is -2.18. The molecule has 0 aliphatic rings. The molecule has 2 aromatic rings. The molecule has 0 bridgehead atoms. The highest BCUT2D eigenvalue weighted by molar-refractivity contribution is 5.43. The molecule has 1 heterocycles. The minimum atomic E-state index is 0.189. The lowest BCUT2D eigenvalue weighted by molar-refractivity contribution is 0.353. The first kappa shape index (κ1) is 13.4. The molecule has 1 aromatic carbocycles. The zero-order chi connectivity index (χ0) is 13.7. The quantitative estimate of drug-likeness (QED) is 0.862. The topological polar surface area (TPSA) is 48.3 Å². The molecule has 0 aliphatic carbocycles. The Kier molecular flexibility index (Phi) is 4.41. The molecule has 1 atom stereocenters. The summed E-state index contributed by atoms with van der Waals surface area (Å²) in [4.78, 5) is 4.05. The number of benzene rings is 1. The van der Waals surface area contributed by atoms with E-state index < -0.39 is 0 Å². The fourth-order valence-electron chi connectivity index (χ4n) is 2.04. The van der Waals surface area contributed by atoms with Gasteiger partial charge in [0, 0.05) is 18.9 Å². The van der Waals surface area contributed by atoms with Gasteiger partial charge >= 0.3 is 0 Å². The lowest BCUT2D eigenvalue weighted by Crippen LogP contribution is -2.21. The van der Waals surface area contributed by atoms with Crippen LogP contribution in [0.25, 0.3) is 0 Å². The molecule has 0 fully saturated rings. The van der Waals surface area contributed by atoms with Gasteiger partial charge in [-0.1, -0.05) is 6.07 Å². The van der Waals surface area contributed by atoms with Gasteiger partial charge in [0.25, 0.3) is 0 Å². The van der Waals surface area contributed by atoms with Crippen LogP contribution in [0.5, 0.6) is 11.5 Å². The molecular weight excluding hydrogens is 242 g/mol. The number of nitrogens with zero attached hydrogens (tertiary/aromatic N) is 2. The number of aromatic nitrogens is 2. The van der Waals surface area contributed by atoms with Crippen molar-refractivity contribution < 1.29 is 9.47 Å². The van der Waals surface area contributed by atoms with Gasteiger partial charge in [0.15, 0.2) is 11.5 Å². The smallest absolute Gasteiger partial charge is 0.161 e. The number of likely N-dealkylation sites (N-methyl/N-ethyl adjacent to an activating group) is 1. The Bertz CT molecular complexity index is 511. The normalized spacial score (nSPS) is 12.2. The molecule has 0 saturated carbocycles. The minimum Gasteiger partial charge on any atom is -0.493 e. The number of hydrogen-bond donors (Lipinski definition) is 1. The average molecular weight is 261 g/mol. The zero-order valence-electron chi connectivity index (χ0n) is 11.5. The molecule has 0 aliphatic heterocycles. The Hall–Kier alpha value is -2.01. The van der Waals surface area contributed by atoms with E-state index >= 15 is 0 Å². The lowest BCUT2D eigenvalue weighted by atomic mass is 10.1. The Morgan fingerprint density at radius 1 is 1.26 bits per heavy atom. The van der Waals surface area contributed by atoms with Crippen LogP contribution in [0.3, 0.4) is 0 Å². The van der Waals surface area contributed by atoms with Gasteiger partial charge in [-0.05, 0) is 24.7 Å². The Balaban J connectivity index is 2.23. The number of imidazole rings is 1. The molecule has 1 aromatic heterocycles. The van der Waals surface area contributed by atoms with Crippen LogP contribution in [-0.2, 0) is 6.54 Å². The highest BCUT2D eigenvalue weighted by atomic mass is 16.5. The van der Waals surface area contributed by atoms with Crippen molar-refractivity contribution in [3.05, 3.63) is 42.5 Å². The molecule has 0 saturated heterocycles. The third kappa shape index (κ3) is 3.06. The van der Waals surface area contributed by atoms with Crippen LogP contribution in [0.2, 0.25) is 0 Å². The number of hydrogen-bond acceptors (Lipinski definition) is 4. The standard InChI is InChI=1S/C14H19N3O2/c1-15-12(9-17-7-6-16-10-17)11-4-5-13(18-2)14(8-11)19-3/h4-8,10,12,15H,9H2,1-3H3. The molecule has 19 heavy (non-hydrogen) atoms. The van der Waals surface area contributed by atoms with Gasteiger partial charge in [0.05, 0.1) is 26.6 Å². The van der Waals surface area contributed by atoms with E-state index in [9.17, 15) is 0 Å². The Labute approximate surface area is 113 Å². The van der Waals surface area contributed by atoms with Crippen LogP contribution in [0.1, 0.15) is 11.6 Å².